The molecule has 0 N–H and O–H groups in total. The van der Waals surface area contributed by atoms with Crippen LogP contribution >= 0.6 is 11.8 Å². The molecule has 1 aromatic heterocycles. The largest absolute Gasteiger partial charge is 0.465 e. The molecule has 22 heavy (non-hydrogen) atoms. The van der Waals surface area contributed by atoms with E-state index < -0.39 is 0 Å². The maximum Gasteiger partial charge on any atom is 0.316 e. The number of esters is 1. The Balaban J connectivity index is 2.00. The van der Waals surface area contributed by atoms with Crippen LogP contribution in [0.25, 0.3) is 16.6 Å². The van der Waals surface area contributed by atoms with Gasteiger partial charge in [0.05, 0.1) is 22.9 Å². The molecule has 112 valence electrons. The van der Waals surface area contributed by atoms with Gasteiger partial charge in [-0.1, -0.05) is 48.2 Å². The lowest BCUT2D eigenvalue weighted by Crippen LogP contribution is -2.07. The van der Waals surface area contributed by atoms with Gasteiger partial charge in [-0.25, -0.2) is 0 Å². The van der Waals surface area contributed by atoms with Crippen molar-refractivity contribution >= 4 is 28.6 Å². The van der Waals surface area contributed by atoms with Gasteiger partial charge in [-0.2, -0.15) is 0 Å². The van der Waals surface area contributed by atoms with Crippen molar-refractivity contribution in [3.8, 4) is 5.69 Å². The summed E-state index contributed by atoms with van der Waals surface area (Å²) >= 11 is 1.50. The fourth-order valence-electron chi connectivity index (χ4n) is 2.41. The number of nitrogens with zero attached hydrogens (tertiary/aromatic N) is 1. The highest BCUT2D eigenvalue weighted by Gasteiger charge is 2.12. The Kier molecular flexibility index (Phi) is 4.49. The van der Waals surface area contributed by atoms with Crippen molar-refractivity contribution in [2.45, 2.75) is 11.9 Å². The Hall–Kier alpha value is -2.20. The third-order valence-corrected chi connectivity index (χ3v) is 4.31. The van der Waals surface area contributed by atoms with Crippen molar-refractivity contribution in [3.63, 3.8) is 0 Å². The molecule has 0 saturated heterocycles. The molecule has 3 rings (SSSR count). The lowest BCUT2D eigenvalue weighted by atomic mass is 10.2. The van der Waals surface area contributed by atoms with Crippen LogP contribution in [0.1, 0.15) is 6.92 Å². The predicted octanol–water partition coefficient (Wildman–Crippen LogP) is 4.29. The summed E-state index contributed by atoms with van der Waals surface area (Å²) in [6.45, 7) is 2.24. The fraction of sp³-hybridized carbons (Fsp3) is 0.167. The van der Waals surface area contributed by atoms with Crippen LogP contribution in [0.15, 0.2) is 65.7 Å². The number of ether oxygens (including phenoxy) is 1. The van der Waals surface area contributed by atoms with Crippen LogP contribution in [0.4, 0.5) is 0 Å². The topological polar surface area (TPSA) is 31.2 Å². The van der Waals surface area contributed by atoms with Gasteiger partial charge in [-0.15, -0.1) is 0 Å². The van der Waals surface area contributed by atoms with Crippen LogP contribution in [0.3, 0.4) is 0 Å². The molecule has 0 radical (unpaired) electrons. The van der Waals surface area contributed by atoms with Crippen molar-refractivity contribution < 1.29 is 9.53 Å². The molecule has 0 spiro atoms. The second-order valence-corrected chi connectivity index (χ2v) is 5.80. The summed E-state index contributed by atoms with van der Waals surface area (Å²) in [6.07, 6.45) is 0. The van der Waals surface area contributed by atoms with Crippen LogP contribution in [0, 0.1) is 0 Å². The van der Waals surface area contributed by atoms with E-state index in [1.165, 1.54) is 11.8 Å². The van der Waals surface area contributed by atoms with Gasteiger partial charge >= 0.3 is 5.97 Å². The number of benzene rings is 2. The first-order valence-electron chi connectivity index (χ1n) is 7.24. The van der Waals surface area contributed by atoms with E-state index in [2.05, 4.69) is 34.9 Å². The monoisotopic (exact) mass is 311 g/mol. The summed E-state index contributed by atoms with van der Waals surface area (Å²) in [4.78, 5) is 11.6. The number of hydrogen-bond acceptors (Lipinski definition) is 3. The summed E-state index contributed by atoms with van der Waals surface area (Å²) in [5.74, 6) is 0.133. The lowest BCUT2D eigenvalue weighted by molar-refractivity contribution is -0.139. The quantitative estimate of drug-likeness (QED) is 0.520. The average molecular weight is 311 g/mol. The van der Waals surface area contributed by atoms with Gasteiger partial charge in [0.2, 0.25) is 0 Å². The summed E-state index contributed by atoms with van der Waals surface area (Å²) in [5, 5.41) is 2.21. The molecular formula is C18H17NO2S. The van der Waals surface area contributed by atoms with E-state index in [0.717, 1.165) is 21.6 Å². The predicted molar refractivity (Wildman–Crippen MR) is 90.6 cm³/mol. The third kappa shape index (κ3) is 3.02. The number of carbonyl (C=O) groups excluding carboxylic acids is 1. The number of rotatable bonds is 5. The van der Waals surface area contributed by atoms with Crippen molar-refractivity contribution in [2.24, 2.45) is 0 Å². The standard InChI is InChI=1S/C18H17NO2S/c1-2-21-18(20)13-22-17-12-14-8-6-7-11-16(14)19(17)15-9-4-3-5-10-15/h3-12H,2,13H2,1H3. The second kappa shape index (κ2) is 6.71. The summed E-state index contributed by atoms with van der Waals surface area (Å²) in [7, 11) is 0. The highest BCUT2D eigenvalue weighted by Crippen LogP contribution is 2.30. The lowest BCUT2D eigenvalue weighted by Gasteiger charge is -2.10. The molecule has 0 amide bonds. The minimum absolute atomic E-state index is 0.183. The Bertz CT molecular complexity index is 780. The van der Waals surface area contributed by atoms with E-state index in [-0.39, 0.29) is 5.97 Å². The Morgan fingerprint density at radius 3 is 2.59 bits per heavy atom. The van der Waals surface area contributed by atoms with Gasteiger partial charge in [0.25, 0.3) is 0 Å². The van der Waals surface area contributed by atoms with E-state index in [1.54, 1.807) is 0 Å². The molecule has 0 atom stereocenters. The number of carbonyl (C=O) groups is 1. The first-order chi connectivity index (χ1) is 10.8. The van der Waals surface area contributed by atoms with E-state index in [0.29, 0.717) is 12.4 Å². The Morgan fingerprint density at radius 2 is 1.82 bits per heavy atom. The zero-order chi connectivity index (χ0) is 15.4. The van der Waals surface area contributed by atoms with E-state index in [4.69, 9.17) is 4.74 Å². The smallest absolute Gasteiger partial charge is 0.316 e. The first-order valence-corrected chi connectivity index (χ1v) is 8.22. The van der Waals surface area contributed by atoms with Gasteiger partial charge in [0.1, 0.15) is 0 Å². The zero-order valence-electron chi connectivity index (χ0n) is 12.4. The number of para-hydroxylation sites is 2. The minimum atomic E-state index is -0.183. The SMILES string of the molecule is CCOC(=O)CSc1cc2ccccc2n1-c1ccccc1. The van der Waals surface area contributed by atoms with Gasteiger partial charge in [0, 0.05) is 11.1 Å². The zero-order valence-corrected chi connectivity index (χ0v) is 13.2. The van der Waals surface area contributed by atoms with Crippen molar-refractivity contribution in [1.82, 2.24) is 4.57 Å². The molecule has 0 saturated carbocycles. The Morgan fingerprint density at radius 1 is 1.09 bits per heavy atom. The molecule has 0 aliphatic heterocycles. The molecule has 0 bridgehead atoms. The normalized spacial score (nSPS) is 10.8. The van der Waals surface area contributed by atoms with E-state index in [9.17, 15) is 4.79 Å². The summed E-state index contributed by atoms with van der Waals surface area (Å²) in [5.41, 5.74) is 2.23. The van der Waals surface area contributed by atoms with Crippen LogP contribution in [-0.4, -0.2) is 22.9 Å². The van der Waals surface area contributed by atoms with Gasteiger partial charge < -0.3 is 9.30 Å². The average Bonchev–Trinajstić information content (AvgIpc) is 2.92. The highest BCUT2D eigenvalue weighted by atomic mass is 32.2. The van der Waals surface area contributed by atoms with Crippen LogP contribution < -0.4 is 0 Å². The number of aromatic nitrogens is 1. The van der Waals surface area contributed by atoms with Crippen molar-refractivity contribution in [2.75, 3.05) is 12.4 Å². The van der Waals surface area contributed by atoms with Gasteiger partial charge in [0.15, 0.2) is 0 Å². The molecular weight excluding hydrogens is 294 g/mol. The van der Waals surface area contributed by atoms with Crippen LogP contribution in [0.5, 0.6) is 0 Å². The van der Waals surface area contributed by atoms with E-state index >= 15 is 0 Å². The number of hydrogen-bond donors (Lipinski definition) is 0. The molecule has 3 aromatic rings. The minimum Gasteiger partial charge on any atom is -0.465 e. The maximum atomic E-state index is 11.6. The van der Waals surface area contributed by atoms with Crippen molar-refractivity contribution in [3.05, 3.63) is 60.7 Å². The Labute approximate surface area is 133 Å². The summed E-state index contributed by atoms with van der Waals surface area (Å²) in [6, 6.07) is 20.5. The maximum absolute atomic E-state index is 11.6. The van der Waals surface area contributed by atoms with Gasteiger partial charge in [-0.05, 0) is 31.2 Å². The molecule has 0 unspecified atom stereocenters. The van der Waals surface area contributed by atoms with Crippen LogP contribution in [0.2, 0.25) is 0 Å². The molecule has 1 heterocycles. The van der Waals surface area contributed by atoms with Crippen LogP contribution in [-0.2, 0) is 9.53 Å². The molecule has 4 heteroatoms. The second-order valence-electron chi connectivity index (χ2n) is 4.81. The van der Waals surface area contributed by atoms with Crippen molar-refractivity contribution in [1.29, 1.82) is 0 Å². The molecule has 0 aliphatic rings. The number of thioether (sulfide) groups is 1. The third-order valence-electron chi connectivity index (χ3n) is 3.33. The molecule has 3 nitrogen and oxygen atoms in total. The molecule has 0 fully saturated rings. The molecule has 0 aliphatic carbocycles. The van der Waals surface area contributed by atoms with Gasteiger partial charge in [-0.3, -0.25) is 4.79 Å². The summed E-state index contributed by atoms with van der Waals surface area (Å²) < 4.78 is 7.19. The highest BCUT2D eigenvalue weighted by molar-refractivity contribution is 7.99. The fourth-order valence-corrected chi connectivity index (χ4v) is 3.31. The van der Waals surface area contributed by atoms with E-state index in [1.807, 2.05) is 37.3 Å². The number of fused-ring (bicyclic) bond motifs is 1. The molecule has 2 aromatic carbocycles. The first kappa shape index (κ1) is 14.7.